The first-order valence-electron chi connectivity index (χ1n) is 12.0. The van der Waals surface area contributed by atoms with Crippen LogP contribution in [0.2, 0.25) is 18.1 Å². The zero-order valence-corrected chi connectivity index (χ0v) is 22.1. The van der Waals surface area contributed by atoms with Gasteiger partial charge in [0.25, 0.3) is 0 Å². The first kappa shape index (κ1) is 29.6. The van der Waals surface area contributed by atoms with Gasteiger partial charge in [0.15, 0.2) is 8.32 Å². The number of carbonyl (C=O) groups excluding carboxylic acids is 1. The molecule has 0 aromatic carbocycles. The number of methoxy groups -OCH3 is 1. The van der Waals surface area contributed by atoms with Crippen LogP contribution in [0.3, 0.4) is 0 Å². The first-order valence-corrected chi connectivity index (χ1v) is 14.9. The van der Waals surface area contributed by atoms with Crippen LogP contribution in [0, 0.1) is 0 Å². The molecule has 0 spiro atoms. The summed E-state index contributed by atoms with van der Waals surface area (Å²) in [5, 5.41) is 0.309. The van der Waals surface area contributed by atoms with Crippen LogP contribution in [0.15, 0.2) is 48.6 Å². The van der Waals surface area contributed by atoms with Crippen molar-refractivity contribution in [1.29, 1.82) is 0 Å². The van der Waals surface area contributed by atoms with E-state index in [1.165, 1.54) is 32.8 Å². The summed E-state index contributed by atoms with van der Waals surface area (Å²) in [6.45, 7) is 12.5. The van der Waals surface area contributed by atoms with E-state index in [1.54, 1.807) is 0 Å². The molecule has 0 rings (SSSR count). The molecule has 0 aromatic rings. The summed E-state index contributed by atoms with van der Waals surface area (Å²) < 4.78 is 10.8. The van der Waals surface area contributed by atoms with Gasteiger partial charge in [-0.1, -0.05) is 75.8 Å². The fourth-order valence-corrected chi connectivity index (χ4v) is 3.69. The van der Waals surface area contributed by atoms with E-state index in [0.29, 0.717) is 11.5 Å². The molecule has 4 heteroatoms. The molecule has 0 aliphatic carbocycles. The van der Waals surface area contributed by atoms with Gasteiger partial charge in [-0.25, -0.2) is 0 Å². The van der Waals surface area contributed by atoms with E-state index in [2.05, 4.69) is 87.2 Å². The number of carbonyl (C=O) groups is 1. The molecule has 0 aromatic heterocycles. The zero-order valence-electron chi connectivity index (χ0n) is 21.1. The fraction of sp³-hybridized carbons (Fsp3) is 0.667. The van der Waals surface area contributed by atoms with Crippen molar-refractivity contribution in [3.8, 4) is 0 Å². The number of rotatable bonds is 17. The molecule has 0 unspecified atom stereocenters. The second-order valence-corrected chi connectivity index (χ2v) is 14.3. The average Bonchev–Trinajstić information content (AvgIpc) is 2.71. The molecule has 31 heavy (non-hydrogen) atoms. The third-order valence-corrected chi connectivity index (χ3v) is 10.3. The normalized spacial score (nSPS) is 13.4. The van der Waals surface area contributed by atoms with Crippen molar-refractivity contribution in [1.82, 2.24) is 0 Å². The number of ether oxygens (including phenoxy) is 1. The maximum atomic E-state index is 11.0. The molecule has 0 radical (unpaired) electrons. The molecule has 0 saturated carbocycles. The van der Waals surface area contributed by atoms with E-state index >= 15 is 0 Å². The summed E-state index contributed by atoms with van der Waals surface area (Å²) in [6, 6.07) is 0. The summed E-state index contributed by atoms with van der Waals surface area (Å²) >= 11 is 0. The Kier molecular flexibility index (Phi) is 17.4. The fourth-order valence-electron chi connectivity index (χ4n) is 2.60. The molecule has 0 bridgehead atoms. The van der Waals surface area contributed by atoms with E-state index in [-0.39, 0.29) is 5.97 Å². The zero-order chi connectivity index (χ0) is 23.4. The molecule has 0 saturated heterocycles. The van der Waals surface area contributed by atoms with Crippen LogP contribution < -0.4 is 0 Å². The summed E-state index contributed by atoms with van der Waals surface area (Å²) in [7, 11) is -0.132. The van der Waals surface area contributed by atoms with Crippen molar-refractivity contribution in [2.24, 2.45) is 0 Å². The molecular weight excluding hydrogens is 400 g/mol. The summed E-state index contributed by atoms with van der Waals surface area (Å²) in [5.74, 6) is -0.127. The smallest absolute Gasteiger partial charge is 0.305 e. The molecule has 3 nitrogen and oxygen atoms in total. The maximum absolute atomic E-state index is 11.0. The Morgan fingerprint density at radius 1 is 0.742 bits per heavy atom. The lowest BCUT2D eigenvalue weighted by Gasteiger charge is -2.36. The maximum Gasteiger partial charge on any atom is 0.305 e. The number of hydrogen-bond acceptors (Lipinski definition) is 3. The van der Waals surface area contributed by atoms with E-state index in [1.807, 2.05) is 0 Å². The Bertz CT molecular complexity index is 566. The number of allylic oxidation sites excluding steroid dienone is 8. The third kappa shape index (κ3) is 17.9. The predicted octanol–water partition coefficient (Wildman–Crippen LogP) is 8.31. The molecule has 0 heterocycles. The SMILES string of the molecule is COC(=O)CCC/C=C\C/C=C\C/C=C\C/C=C\CCCCCO[Si](C)(C)C(C)(C)C. The molecular formula is C27H48O3Si. The van der Waals surface area contributed by atoms with Gasteiger partial charge < -0.3 is 9.16 Å². The average molecular weight is 449 g/mol. The molecule has 0 aliphatic rings. The minimum absolute atomic E-state index is 0.127. The highest BCUT2D eigenvalue weighted by atomic mass is 28.4. The summed E-state index contributed by atoms with van der Waals surface area (Å²) in [6.07, 6.45) is 27.8. The van der Waals surface area contributed by atoms with E-state index in [9.17, 15) is 4.79 Å². The highest BCUT2D eigenvalue weighted by Gasteiger charge is 2.36. The van der Waals surface area contributed by atoms with Crippen molar-refractivity contribution >= 4 is 14.3 Å². The largest absolute Gasteiger partial charge is 0.469 e. The monoisotopic (exact) mass is 448 g/mol. The Labute approximate surface area is 193 Å². The second-order valence-electron chi connectivity index (χ2n) is 9.52. The Morgan fingerprint density at radius 3 is 1.71 bits per heavy atom. The van der Waals surface area contributed by atoms with Gasteiger partial charge in [0.05, 0.1) is 7.11 Å². The number of hydrogen-bond donors (Lipinski definition) is 0. The Morgan fingerprint density at radius 2 is 1.23 bits per heavy atom. The summed E-state index contributed by atoms with van der Waals surface area (Å²) in [4.78, 5) is 11.0. The lowest BCUT2D eigenvalue weighted by Crippen LogP contribution is -2.40. The van der Waals surface area contributed by atoms with Gasteiger partial charge in [0.2, 0.25) is 0 Å². The Hall–Kier alpha value is -1.39. The molecule has 0 aliphatic heterocycles. The molecule has 178 valence electrons. The topological polar surface area (TPSA) is 35.5 Å². The van der Waals surface area contributed by atoms with Crippen LogP contribution >= 0.6 is 0 Å². The quantitative estimate of drug-likeness (QED) is 0.0971. The highest BCUT2D eigenvalue weighted by Crippen LogP contribution is 2.36. The molecule has 0 N–H and O–H groups in total. The minimum atomic E-state index is -1.57. The van der Waals surface area contributed by atoms with Crippen molar-refractivity contribution < 1.29 is 14.0 Å². The van der Waals surface area contributed by atoms with Gasteiger partial charge in [0, 0.05) is 13.0 Å². The first-order chi connectivity index (χ1) is 14.7. The van der Waals surface area contributed by atoms with Crippen LogP contribution in [0.25, 0.3) is 0 Å². The predicted molar refractivity (Wildman–Crippen MR) is 138 cm³/mol. The van der Waals surface area contributed by atoms with Gasteiger partial charge in [-0.15, -0.1) is 0 Å². The van der Waals surface area contributed by atoms with Gasteiger partial charge in [-0.05, 0) is 69.5 Å². The van der Waals surface area contributed by atoms with Crippen molar-refractivity contribution in [3.63, 3.8) is 0 Å². The van der Waals surface area contributed by atoms with Crippen LogP contribution in [0.4, 0.5) is 0 Å². The van der Waals surface area contributed by atoms with E-state index in [4.69, 9.17) is 4.43 Å². The molecule has 0 atom stereocenters. The minimum Gasteiger partial charge on any atom is -0.469 e. The highest BCUT2D eigenvalue weighted by molar-refractivity contribution is 6.74. The van der Waals surface area contributed by atoms with Gasteiger partial charge in [0.1, 0.15) is 0 Å². The molecule has 0 amide bonds. The second kappa shape index (κ2) is 18.2. The van der Waals surface area contributed by atoms with E-state index < -0.39 is 8.32 Å². The van der Waals surface area contributed by atoms with Crippen LogP contribution in [-0.2, 0) is 14.0 Å². The lowest BCUT2D eigenvalue weighted by atomic mass is 10.2. The standard InChI is InChI=1S/C27H48O3Si/c1-27(2,3)31(5,6)30-25-23-21-19-17-15-13-11-9-7-8-10-12-14-16-18-20-22-24-26(28)29-4/h7,9-10,12-13,15-16,18H,8,11,14,17,19-25H2,1-6H3/b9-7-,12-10-,15-13-,18-16-. The van der Waals surface area contributed by atoms with Crippen molar-refractivity contribution in [2.45, 2.75) is 103 Å². The van der Waals surface area contributed by atoms with Gasteiger partial charge in [-0.3, -0.25) is 4.79 Å². The van der Waals surface area contributed by atoms with Crippen LogP contribution in [-0.4, -0.2) is 28.0 Å². The lowest BCUT2D eigenvalue weighted by molar-refractivity contribution is -0.140. The van der Waals surface area contributed by atoms with Crippen LogP contribution in [0.1, 0.15) is 85.0 Å². The van der Waals surface area contributed by atoms with Gasteiger partial charge >= 0.3 is 5.97 Å². The van der Waals surface area contributed by atoms with Crippen molar-refractivity contribution in [2.75, 3.05) is 13.7 Å². The number of unbranched alkanes of at least 4 members (excludes halogenated alkanes) is 4. The van der Waals surface area contributed by atoms with Crippen molar-refractivity contribution in [3.05, 3.63) is 48.6 Å². The van der Waals surface area contributed by atoms with Crippen LogP contribution in [0.5, 0.6) is 0 Å². The van der Waals surface area contributed by atoms with Gasteiger partial charge in [-0.2, -0.15) is 0 Å². The Balaban J connectivity index is 3.55. The molecule has 0 fully saturated rings. The number of esters is 1. The summed E-state index contributed by atoms with van der Waals surface area (Å²) in [5.41, 5.74) is 0. The van der Waals surface area contributed by atoms with E-state index in [0.717, 1.165) is 38.7 Å². The third-order valence-electron chi connectivity index (χ3n) is 5.75.